The highest BCUT2D eigenvalue weighted by molar-refractivity contribution is 5.95. The summed E-state index contributed by atoms with van der Waals surface area (Å²) in [5.41, 5.74) is 8.50. The van der Waals surface area contributed by atoms with Gasteiger partial charge in [-0.3, -0.25) is 9.59 Å². The maximum Gasteiger partial charge on any atom is 0.312 e. The molecule has 2 rings (SSSR count). The summed E-state index contributed by atoms with van der Waals surface area (Å²) in [5.74, 6) is -1.05. The first-order chi connectivity index (χ1) is 13.3. The molecule has 0 aliphatic rings. The van der Waals surface area contributed by atoms with Gasteiger partial charge in [-0.25, -0.2) is 4.79 Å². The molecular formula is C21H25N3O4. The van der Waals surface area contributed by atoms with Gasteiger partial charge in [-0.2, -0.15) is 0 Å². The number of nitrogens with one attached hydrogen (secondary N) is 2. The van der Waals surface area contributed by atoms with E-state index in [0.29, 0.717) is 11.3 Å². The predicted octanol–water partition coefficient (Wildman–Crippen LogP) is 2.97. The van der Waals surface area contributed by atoms with E-state index < -0.39 is 30.1 Å². The second kappa shape index (κ2) is 9.55. The average Bonchev–Trinajstić information content (AvgIpc) is 2.64. The summed E-state index contributed by atoms with van der Waals surface area (Å²) in [7, 11) is 0. The SMILES string of the molecule is Cc1ccc(C)c(NC(=O)[C@H](C)OC(=O)C[C@H](NC(N)=O)c2ccccc2)c1. The lowest BCUT2D eigenvalue weighted by molar-refractivity contribution is -0.153. The fraction of sp³-hybridized carbons (Fsp3) is 0.286. The van der Waals surface area contributed by atoms with Crippen molar-refractivity contribution < 1.29 is 19.1 Å². The molecular weight excluding hydrogens is 358 g/mol. The molecule has 0 saturated carbocycles. The molecule has 0 spiro atoms. The minimum atomic E-state index is -0.989. The van der Waals surface area contributed by atoms with Crippen LogP contribution in [-0.2, 0) is 14.3 Å². The van der Waals surface area contributed by atoms with Crippen molar-refractivity contribution in [1.82, 2.24) is 5.32 Å². The van der Waals surface area contributed by atoms with E-state index in [1.165, 1.54) is 6.92 Å². The molecule has 0 bridgehead atoms. The fourth-order valence-corrected chi connectivity index (χ4v) is 2.68. The molecule has 0 fully saturated rings. The lowest BCUT2D eigenvalue weighted by Gasteiger charge is -2.19. The molecule has 0 aromatic heterocycles. The Morgan fingerprint density at radius 2 is 1.75 bits per heavy atom. The molecule has 0 saturated heterocycles. The standard InChI is InChI=1S/C21H25N3O4/c1-13-9-10-14(2)17(11-13)23-20(26)15(3)28-19(25)12-18(24-21(22)27)16-7-5-4-6-8-16/h4-11,15,18H,12H2,1-3H3,(H,23,26)(H3,22,24,27)/t15-,18-/m0/s1. The van der Waals surface area contributed by atoms with Crippen LogP contribution in [0.5, 0.6) is 0 Å². The van der Waals surface area contributed by atoms with E-state index in [9.17, 15) is 14.4 Å². The zero-order chi connectivity index (χ0) is 20.7. The van der Waals surface area contributed by atoms with Gasteiger partial charge in [-0.15, -0.1) is 0 Å². The molecule has 7 heteroatoms. The van der Waals surface area contributed by atoms with Crippen molar-refractivity contribution in [3.8, 4) is 0 Å². The smallest absolute Gasteiger partial charge is 0.312 e. The number of carbonyl (C=O) groups is 3. The monoisotopic (exact) mass is 383 g/mol. The summed E-state index contributed by atoms with van der Waals surface area (Å²) in [4.78, 5) is 35.9. The lowest BCUT2D eigenvalue weighted by atomic mass is 10.0. The fourth-order valence-electron chi connectivity index (χ4n) is 2.68. The van der Waals surface area contributed by atoms with Crippen LogP contribution >= 0.6 is 0 Å². The number of primary amides is 1. The Morgan fingerprint density at radius 1 is 1.07 bits per heavy atom. The highest BCUT2D eigenvalue weighted by Crippen LogP contribution is 2.19. The molecule has 0 unspecified atom stereocenters. The molecule has 2 aromatic carbocycles. The number of anilines is 1. The Kier molecular flexibility index (Phi) is 7.14. The number of hydrogen-bond acceptors (Lipinski definition) is 4. The molecule has 0 heterocycles. The largest absolute Gasteiger partial charge is 0.452 e. The summed E-state index contributed by atoms with van der Waals surface area (Å²) in [6.07, 6.45) is -1.13. The van der Waals surface area contributed by atoms with Gasteiger partial charge >= 0.3 is 12.0 Å². The van der Waals surface area contributed by atoms with Crippen LogP contribution in [-0.4, -0.2) is 24.0 Å². The molecule has 0 aliphatic carbocycles. The van der Waals surface area contributed by atoms with Gasteiger partial charge in [0.05, 0.1) is 12.5 Å². The van der Waals surface area contributed by atoms with Crippen molar-refractivity contribution in [3.05, 3.63) is 65.2 Å². The topological polar surface area (TPSA) is 111 Å². The molecule has 28 heavy (non-hydrogen) atoms. The van der Waals surface area contributed by atoms with Crippen molar-refractivity contribution in [2.45, 2.75) is 39.3 Å². The summed E-state index contributed by atoms with van der Waals surface area (Å²) in [6, 6.07) is 13.3. The number of nitrogens with two attached hydrogens (primary N) is 1. The van der Waals surface area contributed by atoms with Crippen LogP contribution in [0.1, 0.15) is 36.1 Å². The number of hydrogen-bond donors (Lipinski definition) is 3. The number of aryl methyl sites for hydroxylation is 2. The first-order valence-corrected chi connectivity index (χ1v) is 8.94. The summed E-state index contributed by atoms with van der Waals surface area (Å²) in [6.45, 7) is 5.30. The van der Waals surface area contributed by atoms with Crippen LogP contribution in [0, 0.1) is 13.8 Å². The predicted molar refractivity (Wildman–Crippen MR) is 107 cm³/mol. The molecule has 0 radical (unpaired) electrons. The van der Waals surface area contributed by atoms with E-state index in [-0.39, 0.29) is 6.42 Å². The van der Waals surface area contributed by atoms with Gasteiger partial charge in [0.2, 0.25) is 0 Å². The van der Waals surface area contributed by atoms with Crippen molar-refractivity contribution in [2.75, 3.05) is 5.32 Å². The number of urea groups is 1. The van der Waals surface area contributed by atoms with Crippen molar-refractivity contribution >= 4 is 23.6 Å². The number of esters is 1. The lowest BCUT2D eigenvalue weighted by Crippen LogP contribution is -2.36. The van der Waals surface area contributed by atoms with E-state index in [1.54, 1.807) is 24.3 Å². The second-order valence-electron chi connectivity index (χ2n) is 6.62. The Labute approximate surface area is 164 Å². The third kappa shape index (κ3) is 6.12. The van der Waals surface area contributed by atoms with Crippen molar-refractivity contribution in [1.29, 1.82) is 0 Å². The molecule has 2 aromatic rings. The zero-order valence-electron chi connectivity index (χ0n) is 16.2. The van der Waals surface area contributed by atoms with Gasteiger partial charge < -0.3 is 21.1 Å². The third-order valence-corrected chi connectivity index (χ3v) is 4.22. The van der Waals surface area contributed by atoms with Crippen molar-refractivity contribution in [2.24, 2.45) is 5.73 Å². The van der Waals surface area contributed by atoms with Crippen LogP contribution in [0.25, 0.3) is 0 Å². The number of carbonyl (C=O) groups excluding carboxylic acids is 3. The Morgan fingerprint density at radius 3 is 2.39 bits per heavy atom. The van der Waals surface area contributed by atoms with E-state index in [0.717, 1.165) is 11.1 Å². The Bertz CT molecular complexity index is 852. The quantitative estimate of drug-likeness (QED) is 0.638. The molecule has 7 nitrogen and oxygen atoms in total. The van der Waals surface area contributed by atoms with Crippen LogP contribution in [0.4, 0.5) is 10.5 Å². The van der Waals surface area contributed by atoms with Crippen molar-refractivity contribution in [3.63, 3.8) is 0 Å². The first kappa shape index (κ1) is 21.0. The molecule has 3 amide bonds. The van der Waals surface area contributed by atoms with Crippen LogP contribution in [0.3, 0.4) is 0 Å². The number of rotatable bonds is 7. The third-order valence-electron chi connectivity index (χ3n) is 4.22. The summed E-state index contributed by atoms with van der Waals surface area (Å²) >= 11 is 0. The molecule has 148 valence electrons. The maximum atomic E-state index is 12.4. The minimum absolute atomic E-state index is 0.145. The number of amides is 3. The van der Waals surface area contributed by atoms with E-state index in [2.05, 4.69) is 10.6 Å². The molecule has 4 N–H and O–H groups in total. The van der Waals surface area contributed by atoms with Gasteiger partial charge in [-0.1, -0.05) is 42.5 Å². The highest BCUT2D eigenvalue weighted by atomic mass is 16.5. The number of benzene rings is 2. The van der Waals surface area contributed by atoms with Gasteiger partial charge in [0.1, 0.15) is 0 Å². The number of ether oxygens (including phenoxy) is 1. The second-order valence-corrected chi connectivity index (χ2v) is 6.62. The maximum absolute atomic E-state index is 12.4. The van der Waals surface area contributed by atoms with E-state index in [1.807, 2.05) is 38.1 Å². The average molecular weight is 383 g/mol. The van der Waals surface area contributed by atoms with Crippen LogP contribution in [0.2, 0.25) is 0 Å². The van der Waals surface area contributed by atoms with Crippen LogP contribution < -0.4 is 16.4 Å². The Balaban J connectivity index is 1.98. The summed E-state index contributed by atoms with van der Waals surface area (Å²) < 4.78 is 5.24. The minimum Gasteiger partial charge on any atom is -0.452 e. The highest BCUT2D eigenvalue weighted by Gasteiger charge is 2.23. The van der Waals surface area contributed by atoms with E-state index >= 15 is 0 Å². The van der Waals surface area contributed by atoms with Gasteiger partial charge in [0.15, 0.2) is 6.10 Å². The van der Waals surface area contributed by atoms with E-state index in [4.69, 9.17) is 10.5 Å². The molecule has 0 aliphatic heterocycles. The van der Waals surface area contributed by atoms with Gasteiger partial charge in [0, 0.05) is 5.69 Å². The normalized spacial score (nSPS) is 12.5. The summed E-state index contributed by atoms with van der Waals surface area (Å²) in [5, 5.41) is 5.29. The molecule has 2 atom stereocenters. The first-order valence-electron chi connectivity index (χ1n) is 8.94. The van der Waals surface area contributed by atoms with Gasteiger partial charge in [-0.05, 0) is 43.5 Å². The Hall–Kier alpha value is -3.35. The van der Waals surface area contributed by atoms with Crippen LogP contribution in [0.15, 0.2) is 48.5 Å². The van der Waals surface area contributed by atoms with Gasteiger partial charge in [0.25, 0.3) is 5.91 Å². The zero-order valence-corrected chi connectivity index (χ0v) is 16.2.